The van der Waals surface area contributed by atoms with Crippen LogP contribution in [0.2, 0.25) is 5.02 Å². The summed E-state index contributed by atoms with van der Waals surface area (Å²) < 4.78 is 41.8. The number of para-hydroxylation sites is 1. The lowest BCUT2D eigenvalue weighted by Crippen LogP contribution is -2.54. The summed E-state index contributed by atoms with van der Waals surface area (Å²) in [6, 6.07) is 18.7. The third-order valence-corrected chi connectivity index (χ3v) is 7.66. The summed E-state index contributed by atoms with van der Waals surface area (Å²) in [5.74, 6) is -1.31. The number of rotatable bonds is 4. The lowest BCUT2D eigenvalue weighted by Gasteiger charge is -2.29. The molecule has 38 heavy (non-hydrogen) atoms. The Morgan fingerprint density at radius 3 is 2.42 bits per heavy atom. The first-order valence-corrected chi connectivity index (χ1v) is 12.7. The molecular formula is C27H17ClF3N3O2S2. The van der Waals surface area contributed by atoms with E-state index in [0.717, 1.165) is 34.8 Å². The molecule has 2 heterocycles. The fourth-order valence-electron chi connectivity index (χ4n) is 4.14. The molecule has 0 radical (unpaired) electrons. The number of thiocarbonyl (C=S) groups is 1. The monoisotopic (exact) mass is 571 g/mol. The van der Waals surface area contributed by atoms with Gasteiger partial charge in [0, 0.05) is 33.4 Å². The van der Waals surface area contributed by atoms with Crippen LogP contribution in [0.5, 0.6) is 0 Å². The highest BCUT2D eigenvalue weighted by atomic mass is 35.5. The van der Waals surface area contributed by atoms with Gasteiger partial charge in [-0.05, 0) is 66.8 Å². The third kappa shape index (κ3) is 4.82. The van der Waals surface area contributed by atoms with E-state index < -0.39 is 23.6 Å². The minimum Gasteiger partial charge on any atom is -0.338 e. The SMILES string of the molecule is Cn1c(Sc2cccc(C(F)(F)F)c2)c(C=C2C(=O)NC(=S)N(c3ccc(Cl)cc3)C2=O)c2ccccc21. The summed E-state index contributed by atoms with van der Waals surface area (Å²) in [4.78, 5) is 28.0. The van der Waals surface area contributed by atoms with E-state index in [-0.39, 0.29) is 10.7 Å². The number of alkyl halides is 3. The lowest BCUT2D eigenvalue weighted by molar-refractivity contribution is -0.137. The molecule has 1 fully saturated rings. The highest BCUT2D eigenvalue weighted by Gasteiger charge is 2.35. The molecule has 1 aliphatic heterocycles. The fourth-order valence-corrected chi connectivity index (χ4v) is 5.61. The number of nitrogens with zero attached hydrogens (tertiary/aromatic N) is 2. The fraction of sp³-hybridized carbons (Fsp3) is 0.0741. The number of hydrogen-bond acceptors (Lipinski definition) is 4. The summed E-state index contributed by atoms with van der Waals surface area (Å²) in [6.07, 6.45) is -3.03. The zero-order valence-electron chi connectivity index (χ0n) is 19.5. The summed E-state index contributed by atoms with van der Waals surface area (Å²) in [7, 11) is 1.78. The van der Waals surface area contributed by atoms with Crippen LogP contribution in [0.3, 0.4) is 0 Å². The normalized spacial score (nSPS) is 15.4. The van der Waals surface area contributed by atoms with Crippen molar-refractivity contribution in [2.45, 2.75) is 16.1 Å². The number of nitrogens with one attached hydrogen (secondary N) is 1. The quantitative estimate of drug-likeness (QED) is 0.166. The number of aryl methyl sites for hydroxylation is 1. The molecule has 1 N–H and O–H groups in total. The van der Waals surface area contributed by atoms with Gasteiger partial charge >= 0.3 is 6.18 Å². The Bertz CT molecular complexity index is 1650. The van der Waals surface area contributed by atoms with E-state index in [1.165, 1.54) is 17.0 Å². The lowest BCUT2D eigenvalue weighted by atomic mass is 10.1. The summed E-state index contributed by atoms with van der Waals surface area (Å²) >= 11 is 12.3. The molecule has 2 amide bonds. The van der Waals surface area contributed by atoms with E-state index in [1.807, 2.05) is 22.8 Å². The maximum Gasteiger partial charge on any atom is 0.416 e. The number of benzene rings is 3. The molecule has 0 saturated carbocycles. The van der Waals surface area contributed by atoms with Crippen LogP contribution in [0.1, 0.15) is 11.1 Å². The van der Waals surface area contributed by atoms with Crippen LogP contribution in [-0.2, 0) is 22.8 Å². The van der Waals surface area contributed by atoms with Crippen LogP contribution < -0.4 is 10.2 Å². The van der Waals surface area contributed by atoms with Gasteiger partial charge in [0.15, 0.2) is 5.11 Å². The molecule has 192 valence electrons. The van der Waals surface area contributed by atoms with E-state index in [1.54, 1.807) is 43.4 Å². The molecule has 5 rings (SSSR count). The van der Waals surface area contributed by atoms with Gasteiger partial charge in [-0.25, -0.2) is 0 Å². The number of hydrogen-bond donors (Lipinski definition) is 1. The average molecular weight is 572 g/mol. The number of aromatic nitrogens is 1. The van der Waals surface area contributed by atoms with Gasteiger partial charge in [-0.1, -0.05) is 47.6 Å². The largest absolute Gasteiger partial charge is 0.416 e. The maximum absolute atomic E-state index is 13.5. The Morgan fingerprint density at radius 1 is 1.00 bits per heavy atom. The van der Waals surface area contributed by atoms with Crippen LogP contribution in [0.15, 0.2) is 88.3 Å². The number of carbonyl (C=O) groups excluding carboxylic acids is 2. The Morgan fingerprint density at radius 2 is 1.71 bits per heavy atom. The molecular weight excluding hydrogens is 555 g/mol. The number of fused-ring (bicyclic) bond motifs is 1. The van der Waals surface area contributed by atoms with Crippen molar-refractivity contribution >= 4 is 75.2 Å². The van der Waals surface area contributed by atoms with Crippen molar-refractivity contribution < 1.29 is 22.8 Å². The second-order valence-corrected chi connectivity index (χ2v) is 10.2. The van der Waals surface area contributed by atoms with Crippen LogP contribution in [0.4, 0.5) is 18.9 Å². The van der Waals surface area contributed by atoms with E-state index in [9.17, 15) is 22.8 Å². The second kappa shape index (κ2) is 9.94. The first-order valence-electron chi connectivity index (χ1n) is 11.1. The highest BCUT2D eigenvalue weighted by Crippen LogP contribution is 2.40. The summed E-state index contributed by atoms with van der Waals surface area (Å²) in [5.41, 5.74) is 0.785. The van der Waals surface area contributed by atoms with Gasteiger partial charge in [0.2, 0.25) is 0 Å². The molecule has 0 unspecified atom stereocenters. The molecule has 0 aliphatic carbocycles. The predicted molar refractivity (Wildman–Crippen MR) is 146 cm³/mol. The topological polar surface area (TPSA) is 54.3 Å². The van der Waals surface area contributed by atoms with Crippen LogP contribution >= 0.6 is 35.6 Å². The van der Waals surface area contributed by atoms with Crippen molar-refractivity contribution in [1.29, 1.82) is 0 Å². The van der Waals surface area contributed by atoms with Gasteiger partial charge in [-0.3, -0.25) is 19.8 Å². The molecule has 1 aromatic heterocycles. The van der Waals surface area contributed by atoms with E-state index >= 15 is 0 Å². The van der Waals surface area contributed by atoms with Crippen molar-refractivity contribution in [3.63, 3.8) is 0 Å². The number of carbonyl (C=O) groups is 2. The predicted octanol–water partition coefficient (Wildman–Crippen LogP) is 6.83. The molecule has 0 bridgehead atoms. The van der Waals surface area contributed by atoms with Crippen molar-refractivity contribution in [3.8, 4) is 0 Å². The molecule has 1 aliphatic rings. The zero-order valence-corrected chi connectivity index (χ0v) is 21.9. The number of anilines is 1. The van der Waals surface area contributed by atoms with Crippen LogP contribution in [0, 0.1) is 0 Å². The van der Waals surface area contributed by atoms with Crippen molar-refractivity contribution in [1.82, 2.24) is 9.88 Å². The minimum atomic E-state index is -4.49. The minimum absolute atomic E-state index is 0.0732. The Balaban J connectivity index is 1.63. The van der Waals surface area contributed by atoms with Crippen molar-refractivity contribution in [2.75, 3.05) is 4.90 Å². The van der Waals surface area contributed by atoms with Crippen molar-refractivity contribution in [2.24, 2.45) is 7.05 Å². The van der Waals surface area contributed by atoms with Gasteiger partial charge < -0.3 is 4.57 Å². The molecule has 3 aromatic carbocycles. The van der Waals surface area contributed by atoms with Gasteiger partial charge in [0.1, 0.15) is 5.57 Å². The Hall–Kier alpha value is -3.60. The molecule has 0 spiro atoms. The van der Waals surface area contributed by atoms with Gasteiger partial charge in [0.05, 0.1) is 16.3 Å². The van der Waals surface area contributed by atoms with Gasteiger partial charge in [0.25, 0.3) is 11.8 Å². The van der Waals surface area contributed by atoms with E-state index in [2.05, 4.69) is 5.32 Å². The Kier molecular flexibility index (Phi) is 6.81. The third-order valence-electron chi connectivity index (χ3n) is 5.94. The second-order valence-electron chi connectivity index (χ2n) is 8.36. The van der Waals surface area contributed by atoms with Crippen molar-refractivity contribution in [3.05, 3.63) is 94.5 Å². The molecule has 1 saturated heterocycles. The molecule has 0 atom stereocenters. The summed E-state index contributed by atoms with van der Waals surface area (Å²) in [6.45, 7) is 0. The maximum atomic E-state index is 13.5. The van der Waals surface area contributed by atoms with Gasteiger partial charge in [-0.15, -0.1) is 0 Å². The standard InChI is InChI=1S/C27H17ClF3N3O2S2/c1-33-22-8-3-2-7-19(22)20(25(33)38-18-6-4-5-15(13-18)27(29,30)31)14-21-23(35)32-26(37)34(24(21)36)17-11-9-16(28)10-12-17/h2-14H,1H3,(H,32,35,37). The molecule has 4 aromatic rings. The van der Waals surface area contributed by atoms with E-state index in [4.69, 9.17) is 23.8 Å². The summed E-state index contributed by atoms with van der Waals surface area (Å²) in [5, 5.41) is 4.23. The highest BCUT2D eigenvalue weighted by molar-refractivity contribution is 7.99. The molecule has 5 nitrogen and oxygen atoms in total. The van der Waals surface area contributed by atoms with Gasteiger partial charge in [-0.2, -0.15) is 13.2 Å². The zero-order chi connectivity index (χ0) is 27.2. The smallest absolute Gasteiger partial charge is 0.338 e. The number of amides is 2. The Labute approximate surface area is 229 Å². The van der Waals surface area contributed by atoms with Crippen LogP contribution in [0.25, 0.3) is 17.0 Å². The number of halogens is 4. The van der Waals surface area contributed by atoms with Crippen LogP contribution in [-0.4, -0.2) is 21.5 Å². The average Bonchev–Trinajstić information content (AvgIpc) is 3.13. The molecule has 11 heteroatoms. The first kappa shape index (κ1) is 26.0. The van der Waals surface area contributed by atoms with E-state index in [0.29, 0.717) is 26.2 Å². The first-order chi connectivity index (χ1) is 18.0.